The molecule has 0 atom stereocenters. The van der Waals surface area contributed by atoms with Crippen molar-refractivity contribution in [2.24, 2.45) is 0 Å². The van der Waals surface area contributed by atoms with Gasteiger partial charge in [-0.1, -0.05) is 12.2 Å². The lowest BCUT2D eigenvalue weighted by Gasteiger charge is -1.99. The highest BCUT2D eigenvalue weighted by molar-refractivity contribution is 14.1. The van der Waals surface area contributed by atoms with E-state index in [1.807, 2.05) is 28.7 Å². The zero-order chi connectivity index (χ0) is 8.72. The van der Waals surface area contributed by atoms with E-state index in [1.54, 1.807) is 0 Å². The predicted molar refractivity (Wildman–Crippen MR) is 59.0 cm³/mol. The average molecular weight is 293 g/mol. The molecule has 0 unspecified atom stereocenters. The maximum atomic E-state index is 13.0. The normalized spacial score (nSPS) is 14.3. The summed E-state index contributed by atoms with van der Waals surface area (Å²) in [5, 5.41) is 2.95. The number of benzene rings is 1. The van der Waals surface area contributed by atoms with Gasteiger partial charge in [0.15, 0.2) is 0 Å². The van der Waals surface area contributed by atoms with Crippen LogP contribution in [0.4, 0.5) is 10.1 Å². The summed E-state index contributed by atoms with van der Waals surface area (Å²) in [4.78, 5) is 0.770. The Morgan fingerprint density at radius 1 is 1.50 bits per heavy atom. The van der Waals surface area contributed by atoms with Crippen molar-refractivity contribution in [2.75, 3.05) is 5.32 Å². The minimum Gasteiger partial charge on any atom is -0.349 e. The predicted octanol–water partition coefficient (Wildman–Crippen LogP) is 2.73. The summed E-state index contributed by atoms with van der Waals surface area (Å²) in [5.74, 6) is -0.188. The van der Waals surface area contributed by atoms with Crippen molar-refractivity contribution >= 4 is 45.5 Å². The molecule has 0 bridgehead atoms. The Balaban J connectivity index is 2.55. The van der Waals surface area contributed by atoms with Gasteiger partial charge >= 0.3 is 0 Å². The van der Waals surface area contributed by atoms with E-state index in [0.29, 0.717) is 3.57 Å². The third-order valence-corrected chi connectivity index (χ3v) is 2.84. The fraction of sp³-hybridized carbons (Fsp3) is 0.125. The van der Waals surface area contributed by atoms with Crippen LogP contribution >= 0.6 is 34.8 Å². The number of rotatable bonds is 0. The second-order valence-electron chi connectivity index (χ2n) is 2.65. The molecule has 1 N–H and O–H groups in total. The van der Waals surface area contributed by atoms with E-state index in [4.69, 9.17) is 12.2 Å². The van der Waals surface area contributed by atoms with Crippen LogP contribution in [0.5, 0.6) is 0 Å². The van der Waals surface area contributed by atoms with Crippen LogP contribution in [0, 0.1) is 9.39 Å². The Labute approximate surface area is 88.5 Å². The van der Waals surface area contributed by atoms with Crippen LogP contribution in [-0.2, 0) is 6.42 Å². The molecule has 1 heterocycles. The molecule has 1 aromatic carbocycles. The second kappa shape index (κ2) is 2.92. The molecule has 0 radical (unpaired) electrons. The van der Waals surface area contributed by atoms with Crippen molar-refractivity contribution in [3.05, 3.63) is 27.1 Å². The van der Waals surface area contributed by atoms with Gasteiger partial charge in [0.2, 0.25) is 0 Å². The lowest BCUT2D eigenvalue weighted by molar-refractivity contribution is 0.620. The van der Waals surface area contributed by atoms with Crippen LogP contribution in [0.1, 0.15) is 5.56 Å². The van der Waals surface area contributed by atoms with E-state index in [2.05, 4.69) is 5.32 Å². The Morgan fingerprint density at radius 2 is 2.25 bits per heavy atom. The minimum atomic E-state index is -0.188. The molecule has 0 saturated carbocycles. The van der Waals surface area contributed by atoms with Crippen LogP contribution in [0.3, 0.4) is 0 Å². The van der Waals surface area contributed by atoms with Crippen molar-refractivity contribution in [1.82, 2.24) is 0 Å². The third kappa shape index (κ3) is 1.33. The van der Waals surface area contributed by atoms with Crippen molar-refractivity contribution in [2.45, 2.75) is 6.42 Å². The van der Waals surface area contributed by atoms with E-state index >= 15 is 0 Å². The maximum Gasteiger partial charge on any atom is 0.138 e. The quantitative estimate of drug-likeness (QED) is 0.583. The number of thiocarbonyl (C=S) groups is 1. The van der Waals surface area contributed by atoms with E-state index in [-0.39, 0.29) is 5.82 Å². The smallest absolute Gasteiger partial charge is 0.138 e. The van der Waals surface area contributed by atoms with Crippen molar-refractivity contribution < 1.29 is 4.39 Å². The van der Waals surface area contributed by atoms with Crippen LogP contribution < -0.4 is 5.32 Å². The summed E-state index contributed by atoms with van der Waals surface area (Å²) < 4.78 is 13.7. The second-order valence-corrected chi connectivity index (χ2v) is 4.30. The van der Waals surface area contributed by atoms with Gasteiger partial charge in [-0.2, -0.15) is 0 Å². The number of anilines is 1. The molecular formula is C8H5FINS. The zero-order valence-electron chi connectivity index (χ0n) is 6.03. The molecule has 1 aliphatic rings. The highest BCUT2D eigenvalue weighted by Crippen LogP contribution is 2.27. The largest absolute Gasteiger partial charge is 0.349 e. The fourth-order valence-corrected chi connectivity index (χ4v) is 2.02. The Bertz CT molecular complexity index is 331. The zero-order valence-corrected chi connectivity index (χ0v) is 9.00. The molecule has 0 fully saturated rings. The summed E-state index contributed by atoms with van der Waals surface area (Å²) in [7, 11) is 0. The first-order valence-corrected chi connectivity index (χ1v) is 4.93. The Hall–Kier alpha value is -0.230. The fourth-order valence-electron chi connectivity index (χ4n) is 1.22. The monoisotopic (exact) mass is 293 g/mol. The highest BCUT2D eigenvalue weighted by Gasteiger charge is 2.16. The Morgan fingerprint density at radius 3 is 3.00 bits per heavy atom. The number of halogens is 2. The van der Waals surface area contributed by atoms with Crippen molar-refractivity contribution in [3.8, 4) is 0 Å². The molecule has 0 amide bonds. The third-order valence-electron chi connectivity index (χ3n) is 1.77. The lowest BCUT2D eigenvalue weighted by Crippen LogP contribution is -2.00. The molecule has 0 aromatic heterocycles. The number of nitrogens with one attached hydrogen (secondary N) is 1. The van der Waals surface area contributed by atoms with E-state index in [9.17, 15) is 4.39 Å². The topological polar surface area (TPSA) is 12.0 Å². The molecular weight excluding hydrogens is 288 g/mol. The van der Waals surface area contributed by atoms with Gasteiger partial charge in [0.25, 0.3) is 0 Å². The van der Waals surface area contributed by atoms with Gasteiger partial charge in [0.05, 0.1) is 4.99 Å². The van der Waals surface area contributed by atoms with Gasteiger partial charge in [-0.25, -0.2) is 4.39 Å². The van der Waals surface area contributed by atoms with Gasteiger partial charge in [-0.15, -0.1) is 0 Å². The molecule has 1 aromatic rings. The van der Waals surface area contributed by atoms with E-state index in [0.717, 1.165) is 22.7 Å². The van der Waals surface area contributed by atoms with Gasteiger partial charge < -0.3 is 5.32 Å². The molecule has 12 heavy (non-hydrogen) atoms. The summed E-state index contributed by atoms with van der Waals surface area (Å²) in [6, 6.07) is 3.33. The molecule has 1 aliphatic heterocycles. The molecule has 0 saturated heterocycles. The van der Waals surface area contributed by atoms with Gasteiger partial charge in [-0.05, 0) is 40.3 Å². The first kappa shape index (κ1) is 8.37. The standard InChI is InChI=1S/C8H5FINS/c9-5-3-7-4(1-6(5)10)2-8(12)11-7/h1,3H,2H2,(H,11,12). The van der Waals surface area contributed by atoms with Crippen LogP contribution in [-0.4, -0.2) is 4.99 Å². The number of hydrogen-bond donors (Lipinski definition) is 1. The van der Waals surface area contributed by atoms with E-state index in [1.165, 1.54) is 6.07 Å². The summed E-state index contributed by atoms with van der Waals surface area (Å²) in [6.45, 7) is 0. The molecule has 1 nitrogen and oxygen atoms in total. The number of hydrogen-bond acceptors (Lipinski definition) is 1. The number of fused-ring (bicyclic) bond motifs is 1. The summed E-state index contributed by atoms with van der Waals surface area (Å²) >= 11 is 6.95. The summed E-state index contributed by atoms with van der Waals surface area (Å²) in [6.07, 6.45) is 0.737. The maximum absolute atomic E-state index is 13.0. The molecule has 4 heteroatoms. The minimum absolute atomic E-state index is 0.188. The first-order chi connectivity index (χ1) is 5.66. The SMILES string of the molecule is Fc1cc2c(cc1I)CC(=S)N2. The van der Waals surface area contributed by atoms with Crippen LogP contribution in [0.15, 0.2) is 12.1 Å². The van der Waals surface area contributed by atoms with Gasteiger partial charge in [0.1, 0.15) is 5.82 Å². The molecule has 2 rings (SSSR count). The van der Waals surface area contributed by atoms with E-state index < -0.39 is 0 Å². The van der Waals surface area contributed by atoms with Gasteiger partial charge in [-0.3, -0.25) is 0 Å². The lowest BCUT2D eigenvalue weighted by atomic mass is 10.2. The van der Waals surface area contributed by atoms with Crippen LogP contribution in [0.2, 0.25) is 0 Å². The van der Waals surface area contributed by atoms with Gasteiger partial charge in [0, 0.05) is 15.7 Å². The molecule has 0 aliphatic carbocycles. The Kier molecular flexibility index (Phi) is 2.04. The molecule has 62 valence electrons. The average Bonchev–Trinajstić information content (AvgIpc) is 2.30. The van der Waals surface area contributed by atoms with Crippen molar-refractivity contribution in [1.29, 1.82) is 0 Å². The first-order valence-electron chi connectivity index (χ1n) is 3.44. The van der Waals surface area contributed by atoms with Crippen LogP contribution in [0.25, 0.3) is 0 Å². The van der Waals surface area contributed by atoms with Crippen molar-refractivity contribution in [3.63, 3.8) is 0 Å². The highest BCUT2D eigenvalue weighted by atomic mass is 127. The summed E-state index contributed by atoms with van der Waals surface area (Å²) in [5.41, 5.74) is 1.91. The molecule has 0 spiro atoms.